The molecule has 3 aromatic heterocycles. The van der Waals surface area contributed by atoms with Crippen molar-refractivity contribution in [2.24, 2.45) is 0 Å². The number of thioether (sulfide) groups is 1. The molecule has 0 spiro atoms. The second-order valence-electron chi connectivity index (χ2n) is 3.90. The van der Waals surface area contributed by atoms with Crippen LogP contribution >= 0.6 is 34.4 Å². The van der Waals surface area contributed by atoms with Gasteiger partial charge in [0.1, 0.15) is 10.6 Å². The Kier molecular flexibility index (Phi) is 4.28. The minimum Gasteiger partial charge on any atom is -0.296 e. The summed E-state index contributed by atoms with van der Waals surface area (Å²) in [4.78, 5) is 18.1. The smallest absolute Gasteiger partial charge is 0.268 e. The lowest BCUT2D eigenvalue weighted by Crippen LogP contribution is -2.10. The van der Waals surface area contributed by atoms with Crippen LogP contribution in [0.1, 0.15) is 9.67 Å². The Hall–Kier alpha value is -1.77. The van der Waals surface area contributed by atoms with Gasteiger partial charge in [-0.2, -0.15) is 0 Å². The van der Waals surface area contributed by atoms with Crippen molar-refractivity contribution < 1.29 is 4.79 Å². The fourth-order valence-electron chi connectivity index (χ4n) is 1.64. The predicted octanol–water partition coefficient (Wildman–Crippen LogP) is 3.64. The van der Waals surface area contributed by atoms with Gasteiger partial charge in [0.2, 0.25) is 5.13 Å². The molecule has 0 radical (unpaired) electrons. The van der Waals surface area contributed by atoms with Crippen LogP contribution in [0.2, 0.25) is 0 Å². The average Bonchev–Trinajstić information content (AvgIpc) is 3.16. The molecule has 0 unspecified atom stereocenters. The lowest BCUT2D eigenvalue weighted by atomic mass is 10.4. The van der Waals surface area contributed by atoms with E-state index in [0.29, 0.717) is 15.0 Å². The number of thiophene rings is 1. The van der Waals surface area contributed by atoms with Gasteiger partial charge in [-0.3, -0.25) is 15.1 Å². The van der Waals surface area contributed by atoms with E-state index in [0.717, 1.165) is 10.6 Å². The Morgan fingerprint density at radius 1 is 1.29 bits per heavy atom. The summed E-state index contributed by atoms with van der Waals surface area (Å²) < 4.78 is 0. The van der Waals surface area contributed by atoms with E-state index in [1.54, 1.807) is 18.0 Å². The zero-order valence-electron chi connectivity index (χ0n) is 10.9. The van der Waals surface area contributed by atoms with Crippen LogP contribution in [0.15, 0.2) is 40.7 Å². The fourth-order valence-corrected chi connectivity index (χ4v) is 4.00. The van der Waals surface area contributed by atoms with Crippen molar-refractivity contribution in [1.29, 1.82) is 0 Å². The monoisotopic (exact) mass is 334 g/mol. The Labute approximate surface area is 133 Å². The van der Waals surface area contributed by atoms with Crippen molar-refractivity contribution in [3.8, 4) is 10.7 Å². The Morgan fingerprint density at radius 2 is 2.19 bits per heavy atom. The fraction of sp³-hybridized carbons (Fsp3) is 0.0769. The van der Waals surface area contributed by atoms with Gasteiger partial charge in [-0.1, -0.05) is 17.4 Å². The predicted molar refractivity (Wildman–Crippen MR) is 87.2 cm³/mol. The number of nitrogens with zero attached hydrogens (tertiary/aromatic N) is 3. The topological polar surface area (TPSA) is 67.8 Å². The first-order valence-corrected chi connectivity index (χ1v) is 8.88. The number of amides is 1. The van der Waals surface area contributed by atoms with E-state index in [4.69, 9.17) is 0 Å². The number of hydrogen-bond donors (Lipinski definition) is 1. The minimum absolute atomic E-state index is 0.155. The van der Waals surface area contributed by atoms with Gasteiger partial charge in [0.15, 0.2) is 5.01 Å². The van der Waals surface area contributed by atoms with Crippen LogP contribution < -0.4 is 5.32 Å². The zero-order chi connectivity index (χ0) is 14.7. The summed E-state index contributed by atoms with van der Waals surface area (Å²) in [7, 11) is 0. The van der Waals surface area contributed by atoms with Crippen LogP contribution in [0.5, 0.6) is 0 Å². The highest BCUT2D eigenvalue weighted by atomic mass is 32.2. The van der Waals surface area contributed by atoms with E-state index in [2.05, 4.69) is 20.5 Å². The van der Waals surface area contributed by atoms with Gasteiger partial charge in [-0.05, 0) is 29.8 Å². The van der Waals surface area contributed by atoms with Crippen LogP contribution in [0.4, 0.5) is 5.13 Å². The second-order valence-corrected chi connectivity index (χ2v) is 6.64. The Bertz CT molecular complexity index is 754. The molecule has 106 valence electrons. The SMILES string of the molecule is CSc1ccsc1C(=O)Nc1nnc(-c2ccccn2)s1. The molecule has 0 aliphatic carbocycles. The van der Waals surface area contributed by atoms with Crippen LogP contribution in [0, 0.1) is 0 Å². The Morgan fingerprint density at radius 3 is 2.95 bits per heavy atom. The van der Waals surface area contributed by atoms with Crippen molar-refractivity contribution in [1.82, 2.24) is 15.2 Å². The number of carbonyl (C=O) groups excluding carboxylic acids is 1. The highest BCUT2D eigenvalue weighted by Gasteiger charge is 2.15. The number of pyridine rings is 1. The average molecular weight is 334 g/mol. The maximum atomic E-state index is 12.2. The lowest BCUT2D eigenvalue weighted by molar-refractivity contribution is 0.102. The number of carbonyl (C=O) groups is 1. The van der Waals surface area contributed by atoms with Crippen LogP contribution in [0.25, 0.3) is 10.7 Å². The molecule has 0 saturated carbocycles. The number of nitrogens with one attached hydrogen (secondary N) is 1. The van der Waals surface area contributed by atoms with E-state index in [1.165, 1.54) is 22.7 Å². The molecule has 0 saturated heterocycles. The Balaban J connectivity index is 1.77. The van der Waals surface area contributed by atoms with Gasteiger partial charge < -0.3 is 0 Å². The molecule has 0 aliphatic heterocycles. The van der Waals surface area contributed by atoms with Gasteiger partial charge in [0.25, 0.3) is 5.91 Å². The van der Waals surface area contributed by atoms with Crippen LogP contribution in [0.3, 0.4) is 0 Å². The molecule has 3 heterocycles. The zero-order valence-corrected chi connectivity index (χ0v) is 13.4. The summed E-state index contributed by atoms with van der Waals surface area (Å²) in [6, 6.07) is 7.52. The van der Waals surface area contributed by atoms with Crippen molar-refractivity contribution in [2.45, 2.75) is 4.90 Å². The van der Waals surface area contributed by atoms with Crippen molar-refractivity contribution in [3.05, 3.63) is 40.7 Å². The number of rotatable bonds is 4. The van der Waals surface area contributed by atoms with Gasteiger partial charge in [-0.15, -0.1) is 33.3 Å². The van der Waals surface area contributed by atoms with Crippen LogP contribution in [-0.4, -0.2) is 27.3 Å². The molecule has 3 aromatic rings. The van der Waals surface area contributed by atoms with Gasteiger partial charge >= 0.3 is 0 Å². The number of aromatic nitrogens is 3. The number of hydrogen-bond acceptors (Lipinski definition) is 7. The van der Waals surface area contributed by atoms with Crippen molar-refractivity contribution >= 4 is 45.5 Å². The quantitative estimate of drug-likeness (QED) is 0.738. The molecular weight excluding hydrogens is 324 g/mol. The van der Waals surface area contributed by atoms with Gasteiger partial charge in [0.05, 0.1) is 0 Å². The summed E-state index contributed by atoms with van der Waals surface area (Å²) >= 11 is 4.27. The molecule has 0 bridgehead atoms. The van der Waals surface area contributed by atoms with E-state index in [1.807, 2.05) is 35.9 Å². The van der Waals surface area contributed by atoms with Gasteiger partial charge in [-0.25, -0.2) is 0 Å². The van der Waals surface area contributed by atoms with E-state index >= 15 is 0 Å². The molecule has 1 N–H and O–H groups in total. The first-order valence-electron chi connectivity index (χ1n) is 5.95. The third-order valence-corrected chi connectivity index (χ3v) is 5.27. The third-order valence-electron chi connectivity index (χ3n) is 2.58. The number of anilines is 1. The maximum absolute atomic E-state index is 12.2. The lowest BCUT2D eigenvalue weighted by Gasteiger charge is -2.00. The molecular formula is C13H10N4OS3. The largest absolute Gasteiger partial charge is 0.296 e. The van der Waals surface area contributed by atoms with E-state index in [-0.39, 0.29) is 5.91 Å². The maximum Gasteiger partial charge on any atom is 0.268 e. The molecule has 0 aliphatic rings. The second kappa shape index (κ2) is 6.33. The molecule has 0 aromatic carbocycles. The first-order chi connectivity index (χ1) is 10.3. The van der Waals surface area contributed by atoms with Crippen molar-refractivity contribution in [2.75, 3.05) is 11.6 Å². The van der Waals surface area contributed by atoms with Crippen LogP contribution in [-0.2, 0) is 0 Å². The summed E-state index contributed by atoms with van der Waals surface area (Å²) in [6.07, 6.45) is 3.65. The molecule has 0 atom stereocenters. The summed E-state index contributed by atoms with van der Waals surface area (Å²) in [6.45, 7) is 0. The van der Waals surface area contributed by atoms with E-state index < -0.39 is 0 Å². The molecule has 5 nitrogen and oxygen atoms in total. The molecule has 21 heavy (non-hydrogen) atoms. The molecule has 8 heteroatoms. The summed E-state index contributed by atoms with van der Waals surface area (Å²) in [5.41, 5.74) is 0.747. The van der Waals surface area contributed by atoms with Crippen molar-refractivity contribution in [3.63, 3.8) is 0 Å². The first kappa shape index (κ1) is 14.2. The van der Waals surface area contributed by atoms with E-state index in [9.17, 15) is 4.79 Å². The summed E-state index contributed by atoms with van der Waals surface area (Å²) in [5.74, 6) is -0.155. The minimum atomic E-state index is -0.155. The molecule has 0 fully saturated rings. The highest BCUT2D eigenvalue weighted by Crippen LogP contribution is 2.28. The third kappa shape index (κ3) is 3.12. The molecule has 3 rings (SSSR count). The summed E-state index contributed by atoms with van der Waals surface area (Å²) in [5, 5.41) is 13.9. The molecule has 1 amide bonds. The highest BCUT2D eigenvalue weighted by molar-refractivity contribution is 7.98. The van der Waals surface area contributed by atoms with Gasteiger partial charge in [0, 0.05) is 11.1 Å². The standard InChI is InChI=1S/C13H10N4OS3/c1-19-9-5-7-20-10(9)11(18)15-13-17-16-12(21-13)8-4-2-3-6-14-8/h2-7H,1H3,(H,15,17,18). The normalized spacial score (nSPS) is 10.5.